The predicted octanol–water partition coefficient (Wildman–Crippen LogP) is 4.59. The van der Waals surface area contributed by atoms with Crippen LogP contribution >= 0.6 is 0 Å². The van der Waals surface area contributed by atoms with Crippen molar-refractivity contribution in [1.82, 2.24) is 25.1 Å². The van der Waals surface area contributed by atoms with Gasteiger partial charge in [-0.25, -0.2) is 14.8 Å². The van der Waals surface area contributed by atoms with Gasteiger partial charge in [-0.05, 0) is 60.7 Å². The van der Waals surface area contributed by atoms with E-state index in [9.17, 15) is 9.59 Å². The van der Waals surface area contributed by atoms with Gasteiger partial charge in [-0.15, -0.1) is 0 Å². The van der Waals surface area contributed by atoms with E-state index in [-0.39, 0.29) is 5.91 Å². The molecular formula is C30H27N9O3. The lowest BCUT2D eigenvalue weighted by Crippen LogP contribution is -2.37. The molecule has 2 aromatic carbocycles. The minimum atomic E-state index is -0.393. The molecule has 1 saturated heterocycles. The highest BCUT2D eigenvalue weighted by Gasteiger charge is 2.20. The summed E-state index contributed by atoms with van der Waals surface area (Å²) >= 11 is 0. The van der Waals surface area contributed by atoms with E-state index in [0.717, 1.165) is 22.5 Å². The van der Waals surface area contributed by atoms with E-state index in [2.05, 4.69) is 31.0 Å². The zero-order valence-corrected chi connectivity index (χ0v) is 22.7. The van der Waals surface area contributed by atoms with Gasteiger partial charge in [0.05, 0.1) is 31.1 Å². The van der Waals surface area contributed by atoms with E-state index >= 15 is 0 Å². The van der Waals surface area contributed by atoms with Crippen molar-refractivity contribution < 1.29 is 14.3 Å². The zero-order valence-electron chi connectivity index (χ0n) is 22.7. The fourth-order valence-corrected chi connectivity index (χ4v) is 4.58. The van der Waals surface area contributed by atoms with Crippen LogP contribution in [0.5, 0.6) is 0 Å². The number of nitrogens with zero attached hydrogens (tertiary/aromatic N) is 6. The summed E-state index contributed by atoms with van der Waals surface area (Å²) in [5.74, 6) is 1.14. The number of hydrogen-bond acceptors (Lipinski definition) is 9. The van der Waals surface area contributed by atoms with Gasteiger partial charge in [0.25, 0.3) is 0 Å². The van der Waals surface area contributed by atoms with Gasteiger partial charge in [0.15, 0.2) is 11.6 Å². The van der Waals surface area contributed by atoms with Crippen LogP contribution in [-0.2, 0) is 9.53 Å². The summed E-state index contributed by atoms with van der Waals surface area (Å²) in [4.78, 5) is 40.4. The highest BCUT2D eigenvalue weighted by molar-refractivity contribution is 6.00. The third kappa shape index (κ3) is 6.13. The van der Waals surface area contributed by atoms with Gasteiger partial charge >= 0.3 is 6.03 Å². The number of aromatic nitrogens is 5. The first kappa shape index (κ1) is 26.7. The van der Waals surface area contributed by atoms with Crippen LogP contribution in [0.15, 0.2) is 79.3 Å². The maximum absolute atomic E-state index is 12.6. The monoisotopic (exact) mass is 561 g/mol. The number of fused-ring (bicyclic) bond motifs is 1. The van der Waals surface area contributed by atoms with E-state index in [1.54, 1.807) is 55.0 Å². The average Bonchev–Trinajstić information content (AvgIpc) is 3.02. The van der Waals surface area contributed by atoms with Gasteiger partial charge in [-0.3, -0.25) is 9.78 Å². The van der Waals surface area contributed by atoms with Crippen molar-refractivity contribution in [3.63, 3.8) is 0 Å². The maximum atomic E-state index is 12.6. The molecule has 0 unspecified atom stereocenters. The number of ether oxygens (including phenoxy) is 1. The molecule has 6 rings (SSSR count). The van der Waals surface area contributed by atoms with Crippen LogP contribution in [-0.4, -0.2) is 63.4 Å². The average molecular weight is 562 g/mol. The second kappa shape index (κ2) is 11.9. The fraction of sp³-hybridized carbons (Fsp3) is 0.167. The topological polar surface area (TPSA) is 147 Å². The minimum absolute atomic E-state index is 0.160. The molecule has 1 aliphatic heterocycles. The minimum Gasteiger partial charge on any atom is -0.378 e. The van der Waals surface area contributed by atoms with E-state index in [1.807, 2.05) is 24.3 Å². The van der Waals surface area contributed by atoms with Crippen LogP contribution in [0.25, 0.3) is 33.5 Å². The van der Waals surface area contributed by atoms with Crippen molar-refractivity contribution in [1.29, 1.82) is 0 Å². The Morgan fingerprint density at radius 2 is 1.43 bits per heavy atom. The molecule has 12 heteroatoms. The van der Waals surface area contributed by atoms with Crippen molar-refractivity contribution in [3.8, 4) is 22.5 Å². The molecule has 12 nitrogen and oxygen atoms in total. The summed E-state index contributed by atoms with van der Waals surface area (Å²) in [6.07, 6.45) is 5.13. The normalized spacial score (nSPS) is 13.0. The first-order chi connectivity index (χ1) is 20.5. The first-order valence-electron chi connectivity index (χ1n) is 13.4. The van der Waals surface area contributed by atoms with E-state index < -0.39 is 6.03 Å². The Bertz CT molecular complexity index is 1720. The van der Waals surface area contributed by atoms with Crippen LogP contribution in [0.4, 0.5) is 27.7 Å². The Kier molecular flexibility index (Phi) is 7.60. The van der Waals surface area contributed by atoms with Crippen LogP contribution in [0.2, 0.25) is 0 Å². The molecule has 3 amide bonds. The lowest BCUT2D eigenvalue weighted by atomic mass is 10.1. The zero-order chi connectivity index (χ0) is 28.9. The Balaban J connectivity index is 1.24. The number of morpholine rings is 1. The molecule has 0 aliphatic carbocycles. The lowest BCUT2D eigenvalue weighted by Gasteiger charge is -2.28. The Labute approximate surface area is 241 Å². The summed E-state index contributed by atoms with van der Waals surface area (Å²) in [6, 6.07) is 17.7. The maximum Gasteiger partial charge on any atom is 0.323 e. The SMILES string of the molecule is CC(=O)Nc1ccc(NC(=O)Nc2ccc(-c3nc(N4CCOCC4)c4ncc(-c5ccnnc5)cc4n3)cc2)cc1. The molecule has 42 heavy (non-hydrogen) atoms. The predicted molar refractivity (Wildman–Crippen MR) is 160 cm³/mol. The molecule has 0 bridgehead atoms. The van der Waals surface area contributed by atoms with Gasteiger partial charge in [0.1, 0.15) is 5.52 Å². The van der Waals surface area contributed by atoms with Crippen molar-refractivity contribution in [3.05, 3.63) is 79.3 Å². The number of pyridine rings is 1. The van der Waals surface area contributed by atoms with Crippen molar-refractivity contribution >= 4 is 45.9 Å². The molecule has 210 valence electrons. The van der Waals surface area contributed by atoms with Crippen molar-refractivity contribution in [2.75, 3.05) is 47.2 Å². The van der Waals surface area contributed by atoms with Crippen LogP contribution in [0, 0.1) is 0 Å². The third-order valence-electron chi connectivity index (χ3n) is 6.61. The molecule has 3 N–H and O–H groups in total. The quantitative estimate of drug-likeness (QED) is 0.271. The highest BCUT2D eigenvalue weighted by Crippen LogP contribution is 2.30. The van der Waals surface area contributed by atoms with Gasteiger partial charge in [0.2, 0.25) is 5.91 Å². The van der Waals surface area contributed by atoms with Crippen LogP contribution < -0.4 is 20.9 Å². The Morgan fingerprint density at radius 3 is 2.07 bits per heavy atom. The van der Waals surface area contributed by atoms with Gasteiger partial charge < -0.3 is 25.6 Å². The van der Waals surface area contributed by atoms with Gasteiger partial charge in [-0.2, -0.15) is 10.2 Å². The lowest BCUT2D eigenvalue weighted by molar-refractivity contribution is -0.114. The first-order valence-corrected chi connectivity index (χ1v) is 13.4. The molecule has 0 radical (unpaired) electrons. The molecule has 4 heterocycles. The summed E-state index contributed by atoms with van der Waals surface area (Å²) in [7, 11) is 0. The molecule has 1 aliphatic rings. The largest absolute Gasteiger partial charge is 0.378 e. The number of carbonyl (C=O) groups is 2. The number of urea groups is 1. The smallest absolute Gasteiger partial charge is 0.323 e. The number of amides is 3. The number of rotatable bonds is 6. The summed E-state index contributed by atoms with van der Waals surface area (Å²) in [5, 5.41) is 16.1. The molecule has 1 fully saturated rings. The van der Waals surface area contributed by atoms with E-state index in [4.69, 9.17) is 19.7 Å². The molecule has 5 aromatic rings. The number of anilines is 4. The number of carbonyl (C=O) groups excluding carboxylic acids is 2. The standard InChI is InChI=1S/C30H27N9O3/c1-19(40)34-23-6-8-25(9-7-23)36-30(41)35-24-4-2-20(3-5-24)28-37-26-16-22(21-10-11-32-33-18-21)17-31-27(26)29(38-28)39-12-14-42-15-13-39/h2-11,16-18H,12-15H2,1H3,(H,34,40)(H2,35,36,41). The van der Waals surface area contributed by atoms with Crippen molar-refractivity contribution in [2.24, 2.45) is 0 Å². The number of nitrogens with one attached hydrogen (secondary N) is 3. The van der Waals surface area contributed by atoms with Crippen molar-refractivity contribution in [2.45, 2.75) is 6.92 Å². The summed E-state index contributed by atoms with van der Waals surface area (Å²) < 4.78 is 5.55. The van der Waals surface area contributed by atoms with Gasteiger partial charge in [-0.1, -0.05) is 0 Å². The van der Waals surface area contributed by atoms with E-state index in [0.29, 0.717) is 60.2 Å². The molecule has 3 aromatic heterocycles. The van der Waals surface area contributed by atoms with Gasteiger partial charge in [0, 0.05) is 60.0 Å². The fourth-order valence-electron chi connectivity index (χ4n) is 4.58. The van der Waals surface area contributed by atoms with Crippen LogP contribution in [0.3, 0.4) is 0 Å². The number of hydrogen-bond donors (Lipinski definition) is 3. The summed E-state index contributed by atoms with van der Waals surface area (Å²) in [5.41, 5.74) is 5.84. The Hall–Kier alpha value is -5.49. The second-order valence-electron chi connectivity index (χ2n) is 9.61. The highest BCUT2D eigenvalue weighted by atomic mass is 16.5. The molecular weight excluding hydrogens is 534 g/mol. The Morgan fingerprint density at radius 1 is 0.762 bits per heavy atom. The molecule has 0 spiro atoms. The molecule has 0 saturated carbocycles. The van der Waals surface area contributed by atoms with Crippen LogP contribution in [0.1, 0.15) is 6.92 Å². The third-order valence-corrected chi connectivity index (χ3v) is 6.61. The molecule has 0 atom stereocenters. The summed E-state index contributed by atoms with van der Waals surface area (Å²) in [6.45, 7) is 4.08. The van der Waals surface area contributed by atoms with E-state index in [1.165, 1.54) is 6.92 Å². The number of benzene rings is 2. The second-order valence-corrected chi connectivity index (χ2v) is 9.61.